The summed E-state index contributed by atoms with van der Waals surface area (Å²) in [7, 11) is 0. The van der Waals surface area contributed by atoms with Gasteiger partial charge < -0.3 is 9.47 Å². The summed E-state index contributed by atoms with van der Waals surface area (Å²) in [5.41, 5.74) is 1.65. The van der Waals surface area contributed by atoms with Crippen molar-refractivity contribution in [2.24, 2.45) is 0 Å². The molecular formula is C15H19ClO3. The van der Waals surface area contributed by atoms with E-state index in [1.54, 1.807) is 6.07 Å². The van der Waals surface area contributed by atoms with Crippen molar-refractivity contribution in [3.63, 3.8) is 0 Å². The van der Waals surface area contributed by atoms with Gasteiger partial charge in [-0.15, -0.1) is 0 Å². The Bertz CT molecular complexity index is 489. The number of carbonyl (C=O) groups is 1. The highest BCUT2D eigenvalue weighted by Gasteiger charge is 2.20. The highest BCUT2D eigenvalue weighted by atomic mass is 35.5. The monoisotopic (exact) mass is 282 g/mol. The summed E-state index contributed by atoms with van der Waals surface area (Å²) < 4.78 is 11.1. The maximum absolute atomic E-state index is 11.9. The van der Waals surface area contributed by atoms with Gasteiger partial charge in [0.1, 0.15) is 12.4 Å². The van der Waals surface area contributed by atoms with Crippen LogP contribution in [-0.4, -0.2) is 24.6 Å². The van der Waals surface area contributed by atoms with Gasteiger partial charge in [0, 0.05) is 23.4 Å². The lowest BCUT2D eigenvalue weighted by molar-refractivity contribution is -0.127. The Morgan fingerprint density at radius 3 is 2.84 bits per heavy atom. The van der Waals surface area contributed by atoms with Crippen LogP contribution in [-0.2, 0) is 22.4 Å². The SMILES string of the molecule is CC(C)(C)OCC(=O)Cc1cc(Cl)cc2c1OCC2. The van der Waals surface area contributed by atoms with Crippen LogP contribution in [0, 0.1) is 0 Å². The molecule has 0 aromatic heterocycles. The summed E-state index contributed by atoms with van der Waals surface area (Å²) in [4.78, 5) is 11.9. The lowest BCUT2D eigenvalue weighted by Gasteiger charge is -2.19. The first-order valence-electron chi connectivity index (χ1n) is 6.45. The summed E-state index contributed by atoms with van der Waals surface area (Å²) in [5, 5.41) is 0.656. The van der Waals surface area contributed by atoms with Gasteiger partial charge in [-0.3, -0.25) is 4.79 Å². The van der Waals surface area contributed by atoms with E-state index in [1.807, 2.05) is 26.8 Å². The molecule has 0 aliphatic carbocycles. The Kier molecular flexibility index (Phi) is 4.16. The Labute approximate surface area is 118 Å². The van der Waals surface area contributed by atoms with Crippen molar-refractivity contribution in [2.75, 3.05) is 13.2 Å². The minimum absolute atomic E-state index is 0.0369. The second-order valence-electron chi connectivity index (χ2n) is 5.77. The van der Waals surface area contributed by atoms with Gasteiger partial charge in [0.25, 0.3) is 0 Å². The molecule has 0 unspecified atom stereocenters. The number of fused-ring (bicyclic) bond motifs is 1. The van der Waals surface area contributed by atoms with E-state index in [2.05, 4.69) is 0 Å². The first-order valence-corrected chi connectivity index (χ1v) is 6.83. The van der Waals surface area contributed by atoms with Crippen LogP contribution in [0.5, 0.6) is 5.75 Å². The van der Waals surface area contributed by atoms with Gasteiger partial charge in [-0.1, -0.05) is 11.6 Å². The highest BCUT2D eigenvalue weighted by Crippen LogP contribution is 2.33. The molecular weight excluding hydrogens is 264 g/mol. The van der Waals surface area contributed by atoms with Crippen LogP contribution >= 0.6 is 11.6 Å². The fraction of sp³-hybridized carbons (Fsp3) is 0.533. The third kappa shape index (κ3) is 3.95. The molecule has 0 fully saturated rings. The smallest absolute Gasteiger partial charge is 0.162 e. The summed E-state index contributed by atoms with van der Waals surface area (Å²) in [5.74, 6) is 0.864. The van der Waals surface area contributed by atoms with Gasteiger partial charge in [0.05, 0.1) is 12.2 Å². The molecule has 0 radical (unpaired) electrons. The average molecular weight is 283 g/mol. The van der Waals surface area contributed by atoms with Crippen LogP contribution in [0.2, 0.25) is 5.02 Å². The number of Topliss-reactive ketones (excluding diaryl/α,β-unsaturated/α-hetero) is 1. The first-order chi connectivity index (χ1) is 8.85. The van der Waals surface area contributed by atoms with Gasteiger partial charge in [-0.25, -0.2) is 0 Å². The second-order valence-corrected chi connectivity index (χ2v) is 6.20. The van der Waals surface area contributed by atoms with Crippen molar-refractivity contribution in [2.45, 2.75) is 39.2 Å². The third-order valence-electron chi connectivity index (χ3n) is 2.88. The van der Waals surface area contributed by atoms with Crippen LogP contribution < -0.4 is 4.74 Å². The standard InChI is InChI=1S/C15H19ClO3/c1-15(2,3)19-9-13(17)8-11-7-12(16)6-10-4-5-18-14(10)11/h6-7H,4-5,8-9H2,1-3H3. The molecule has 0 N–H and O–H groups in total. The Balaban J connectivity index is 2.05. The Morgan fingerprint density at radius 2 is 2.16 bits per heavy atom. The van der Waals surface area contributed by atoms with Gasteiger partial charge in [0.2, 0.25) is 0 Å². The molecule has 0 spiro atoms. The van der Waals surface area contributed by atoms with Crippen molar-refractivity contribution in [1.82, 2.24) is 0 Å². The first kappa shape index (κ1) is 14.4. The summed E-state index contributed by atoms with van der Waals surface area (Å²) >= 11 is 6.06. The fourth-order valence-electron chi connectivity index (χ4n) is 2.04. The van der Waals surface area contributed by atoms with Gasteiger partial charge >= 0.3 is 0 Å². The van der Waals surface area contributed by atoms with E-state index in [-0.39, 0.29) is 18.0 Å². The van der Waals surface area contributed by atoms with E-state index >= 15 is 0 Å². The molecule has 3 nitrogen and oxygen atoms in total. The number of rotatable bonds is 4. The number of ether oxygens (including phenoxy) is 2. The van der Waals surface area contributed by atoms with Crippen molar-refractivity contribution in [3.8, 4) is 5.75 Å². The molecule has 0 saturated heterocycles. The predicted octanol–water partition coefficient (Wildman–Crippen LogP) is 3.20. The minimum atomic E-state index is -0.303. The molecule has 0 saturated carbocycles. The van der Waals surface area contributed by atoms with E-state index in [0.717, 1.165) is 23.3 Å². The van der Waals surface area contributed by atoms with E-state index in [0.29, 0.717) is 18.1 Å². The van der Waals surface area contributed by atoms with Crippen LogP contribution in [0.1, 0.15) is 31.9 Å². The number of ketones is 1. The van der Waals surface area contributed by atoms with Crippen LogP contribution in [0.3, 0.4) is 0 Å². The average Bonchev–Trinajstić information content (AvgIpc) is 2.73. The Morgan fingerprint density at radius 1 is 1.42 bits per heavy atom. The molecule has 1 aromatic rings. The van der Waals surface area contributed by atoms with Crippen molar-refractivity contribution in [1.29, 1.82) is 0 Å². The largest absolute Gasteiger partial charge is 0.493 e. The predicted molar refractivity (Wildman–Crippen MR) is 75.1 cm³/mol. The molecule has 1 heterocycles. The normalized spacial score (nSPS) is 14.1. The molecule has 1 aliphatic rings. The molecule has 0 amide bonds. The maximum Gasteiger partial charge on any atom is 0.162 e. The topological polar surface area (TPSA) is 35.5 Å². The molecule has 19 heavy (non-hydrogen) atoms. The number of hydrogen-bond acceptors (Lipinski definition) is 3. The minimum Gasteiger partial charge on any atom is -0.493 e. The molecule has 0 bridgehead atoms. The number of hydrogen-bond donors (Lipinski definition) is 0. The van der Waals surface area contributed by atoms with Gasteiger partial charge in [0.15, 0.2) is 5.78 Å². The zero-order valence-electron chi connectivity index (χ0n) is 11.6. The number of carbonyl (C=O) groups excluding carboxylic acids is 1. The summed E-state index contributed by atoms with van der Waals surface area (Å²) in [6.07, 6.45) is 1.16. The summed E-state index contributed by atoms with van der Waals surface area (Å²) in [6.45, 7) is 6.57. The molecule has 2 rings (SSSR count). The Hall–Kier alpha value is -1.06. The molecule has 1 aromatic carbocycles. The van der Waals surface area contributed by atoms with Crippen LogP contribution in [0.15, 0.2) is 12.1 Å². The third-order valence-corrected chi connectivity index (χ3v) is 3.10. The molecule has 4 heteroatoms. The molecule has 1 aliphatic heterocycles. The van der Waals surface area contributed by atoms with E-state index in [4.69, 9.17) is 21.1 Å². The van der Waals surface area contributed by atoms with Gasteiger partial charge in [-0.05, 0) is 38.5 Å². The zero-order valence-corrected chi connectivity index (χ0v) is 12.3. The lowest BCUT2D eigenvalue weighted by atomic mass is 10.0. The number of benzene rings is 1. The quantitative estimate of drug-likeness (QED) is 0.851. The van der Waals surface area contributed by atoms with Crippen LogP contribution in [0.25, 0.3) is 0 Å². The van der Waals surface area contributed by atoms with Crippen LogP contribution in [0.4, 0.5) is 0 Å². The van der Waals surface area contributed by atoms with Crippen molar-refractivity contribution >= 4 is 17.4 Å². The molecule has 104 valence electrons. The zero-order chi connectivity index (χ0) is 14.0. The van der Waals surface area contributed by atoms with E-state index in [9.17, 15) is 4.79 Å². The van der Waals surface area contributed by atoms with E-state index in [1.165, 1.54) is 0 Å². The van der Waals surface area contributed by atoms with E-state index < -0.39 is 0 Å². The maximum atomic E-state index is 11.9. The summed E-state index contributed by atoms with van der Waals surface area (Å²) in [6, 6.07) is 3.71. The van der Waals surface area contributed by atoms with Gasteiger partial charge in [-0.2, -0.15) is 0 Å². The second kappa shape index (κ2) is 5.51. The number of halogens is 1. The van der Waals surface area contributed by atoms with Crippen molar-refractivity contribution < 1.29 is 14.3 Å². The lowest BCUT2D eigenvalue weighted by Crippen LogP contribution is -2.24. The highest BCUT2D eigenvalue weighted by molar-refractivity contribution is 6.30. The fourth-order valence-corrected chi connectivity index (χ4v) is 2.30. The van der Waals surface area contributed by atoms with Crippen molar-refractivity contribution in [3.05, 3.63) is 28.3 Å². The molecule has 0 atom stereocenters.